The van der Waals surface area contributed by atoms with Gasteiger partial charge in [-0.05, 0) is 26.1 Å². The van der Waals surface area contributed by atoms with Crippen molar-refractivity contribution in [2.24, 2.45) is 0 Å². The molecule has 0 spiro atoms. The zero-order valence-electron chi connectivity index (χ0n) is 12.8. The Labute approximate surface area is 131 Å². The van der Waals surface area contributed by atoms with Gasteiger partial charge in [0.15, 0.2) is 6.04 Å². The molecule has 1 fully saturated rings. The first-order chi connectivity index (χ1) is 10.7. The molecular weight excluding hydrogens is 318 g/mol. The highest BCUT2D eigenvalue weighted by Crippen LogP contribution is 2.34. The fourth-order valence-corrected chi connectivity index (χ4v) is 2.67. The smallest absolute Gasteiger partial charge is 0.416 e. The van der Waals surface area contributed by atoms with E-state index in [0.717, 1.165) is 4.90 Å². The first-order valence-electron chi connectivity index (χ1n) is 7.21. The predicted octanol–water partition coefficient (Wildman–Crippen LogP) is 2.53. The van der Waals surface area contributed by atoms with Crippen LogP contribution in [0.3, 0.4) is 0 Å². The fourth-order valence-electron chi connectivity index (χ4n) is 2.67. The number of furan rings is 1. The molecule has 0 aliphatic carbocycles. The normalized spacial score (nSPS) is 23.1. The minimum absolute atomic E-state index is 0.102. The largest absolute Gasteiger partial charge is 0.464 e. The van der Waals surface area contributed by atoms with Gasteiger partial charge in [0.25, 0.3) is 0 Å². The van der Waals surface area contributed by atoms with Crippen LogP contribution in [0.1, 0.15) is 24.0 Å². The van der Waals surface area contributed by atoms with Gasteiger partial charge in [0, 0.05) is 19.0 Å². The number of aryl methyl sites for hydroxylation is 1. The van der Waals surface area contributed by atoms with Crippen molar-refractivity contribution in [3.63, 3.8) is 0 Å². The summed E-state index contributed by atoms with van der Waals surface area (Å²) < 4.78 is 58.1. The number of hydrogen-bond donors (Lipinski definition) is 2. The molecule has 1 aliphatic rings. The van der Waals surface area contributed by atoms with E-state index in [1.54, 1.807) is 7.05 Å². The van der Waals surface area contributed by atoms with Gasteiger partial charge in [-0.25, -0.2) is 9.18 Å². The number of urea groups is 1. The standard InChI is InChI=1S/C14H19F4N3O2/c1-8-3-4-11(23-8)12(14(16,17)18)20-13(22)21-7-9(15)5-10(21)6-19-2/h3-4,9-10,12,19H,5-7H2,1-2H3,(H,20,22)/t9-,10-,12?/m0/s1. The highest BCUT2D eigenvalue weighted by Gasteiger charge is 2.46. The number of amides is 2. The van der Waals surface area contributed by atoms with Crippen molar-refractivity contribution < 1.29 is 26.8 Å². The van der Waals surface area contributed by atoms with Crippen LogP contribution in [-0.2, 0) is 0 Å². The van der Waals surface area contributed by atoms with Crippen molar-refractivity contribution in [2.45, 2.75) is 37.8 Å². The van der Waals surface area contributed by atoms with Gasteiger partial charge >= 0.3 is 12.2 Å². The Balaban J connectivity index is 2.14. The summed E-state index contributed by atoms with van der Waals surface area (Å²) in [6.07, 6.45) is -5.85. The number of alkyl halides is 4. The fraction of sp³-hybridized carbons (Fsp3) is 0.643. The molecule has 1 aromatic rings. The second-order valence-corrected chi connectivity index (χ2v) is 5.57. The second kappa shape index (κ2) is 6.77. The van der Waals surface area contributed by atoms with Crippen LogP contribution in [0.5, 0.6) is 0 Å². The lowest BCUT2D eigenvalue weighted by Gasteiger charge is -2.27. The molecule has 1 unspecified atom stereocenters. The van der Waals surface area contributed by atoms with E-state index in [0.29, 0.717) is 12.3 Å². The number of rotatable bonds is 4. The number of carbonyl (C=O) groups excluding carboxylic acids is 1. The first kappa shape index (κ1) is 17.6. The van der Waals surface area contributed by atoms with Crippen LogP contribution in [0.25, 0.3) is 0 Å². The Bertz CT molecular complexity index is 546. The molecule has 2 amide bonds. The SMILES string of the molecule is CNC[C@@H]1C[C@H](F)CN1C(=O)NC(c1ccc(C)o1)C(F)(F)F. The summed E-state index contributed by atoms with van der Waals surface area (Å²) in [6, 6.07) is -1.15. The Morgan fingerprint density at radius 2 is 2.17 bits per heavy atom. The van der Waals surface area contributed by atoms with E-state index in [9.17, 15) is 22.4 Å². The van der Waals surface area contributed by atoms with E-state index < -0.39 is 36.2 Å². The lowest BCUT2D eigenvalue weighted by Crippen LogP contribution is -2.49. The predicted molar refractivity (Wildman–Crippen MR) is 74.7 cm³/mol. The lowest BCUT2D eigenvalue weighted by molar-refractivity contribution is -0.159. The quantitative estimate of drug-likeness (QED) is 0.830. The lowest BCUT2D eigenvalue weighted by atomic mass is 10.2. The number of likely N-dealkylation sites (N-methyl/N-ethyl adjacent to an activating group) is 1. The van der Waals surface area contributed by atoms with Gasteiger partial charge in [0.1, 0.15) is 17.7 Å². The minimum Gasteiger partial charge on any atom is -0.464 e. The number of hydrogen-bond acceptors (Lipinski definition) is 3. The number of likely N-dealkylation sites (tertiary alicyclic amines) is 1. The number of nitrogens with zero attached hydrogens (tertiary/aromatic N) is 1. The molecule has 0 bridgehead atoms. The average Bonchev–Trinajstić information content (AvgIpc) is 3.01. The van der Waals surface area contributed by atoms with Crippen LogP contribution in [0, 0.1) is 6.92 Å². The van der Waals surface area contributed by atoms with Crippen molar-refractivity contribution in [3.8, 4) is 0 Å². The third-order valence-electron chi connectivity index (χ3n) is 3.70. The van der Waals surface area contributed by atoms with E-state index in [-0.39, 0.29) is 13.0 Å². The van der Waals surface area contributed by atoms with Crippen molar-refractivity contribution in [1.29, 1.82) is 0 Å². The third-order valence-corrected chi connectivity index (χ3v) is 3.70. The van der Waals surface area contributed by atoms with Gasteiger partial charge in [-0.15, -0.1) is 0 Å². The Hall–Kier alpha value is -1.77. The van der Waals surface area contributed by atoms with Crippen LogP contribution in [0.15, 0.2) is 16.5 Å². The molecule has 0 saturated carbocycles. The van der Waals surface area contributed by atoms with Crippen LogP contribution in [0.2, 0.25) is 0 Å². The van der Waals surface area contributed by atoms with Crippen molar-refractivity contribution in [1.82, 2.24) is 15.5 Å². The topological polar surface area (TPSA) is 57.5 Å². The molecule has 130 valence electrons. The molecule has 9 heteroatoms. The molecule has 3 atom stereocenters. The Morgan fingerprint density at radius 3 is 2.70 bits per heavy atom. The highest BCUT2D eigenvalue weighted by atomic mass is 19.4. The van der Waals surface area contributed by atoms with Crippen molar-refractivity contribution in [2.75, 3.05) is 20.1 Å². The van der Waals surface area contributed by atoms with Crippen LogP contribution in [0.4, 0.5) is 22.4 Å². The average molecular weight is 337 g/mol. The van der Waals surface area contributed by atoms with E-state index in [1.807, 2.05) is 5.32 Å². The maximum atomic E-state index is 13.5. The summed E-state index contributed by atoms with van der Waals surface area (Å²) >= 11 is 0. The maximum Gasteiger partial charge on any atom is 0.416 e. The van der Waals surface area contributed by atoms with Gasteiger partial charge in [-0.1, -0.05) is 0 Å². The summed E-state index contributed by atoms with van der Waals surface area (Å²) in [5.74, 6) is -0.0916. The van der Waals surface area contributed by atoms with Gasteiger partial charge in [0.2, 0.25) is 0 Å². The minimum atomic E-state index is -4.71. The van der Waals surface area contributed by atoms with E-state index in [1.165, 1.54) is 19.1 Å². The Kier molecular flexibility index (Phi) is 5.18. The molecule has 0 aromatic carbocycles. The molecule has 2 heterocycles. The summed E-state index contributed by atoms with van der Waals surface area (Å²) in [4.78, 5) is 13.3. The van der Waals surface area contributed by atoms with Crippen LogP contribution < -0.4 is 10.6 Å². The molecular formula is C14H19F4N3O2. The first-order valence-corrected chi connectivity index (χ1v) is 7.21. The Morgan fingerprint density at radius 1 is 1.48 bits per heavy atom. The highest BCUT2D eigenvalue weighted by molar-refractivity contribution is 5.75. The van der Waals surface area contributed by atoms with Gasteiger partial charge in [-0.2, -0.15) is 13.2 Å². The molecule has 1 aromatic heterocycles. The van der Waals surface area contributed by atoms with E-state index >= 15 is 0 Å². The number of nitrogens with one attached hydrogen (secondary N) is 2. The number of carbonyl (C=O) groups is 1. The molecule has 5 nitrogen and oxygen atoms in total. The van der Waals surface area contributed by atoms with E-state index in [2.05, 4.69) is 5.32 Å². The summed E-state index contributed by atoms with van der Waals surface area (Å²) in [5, 5.41) is 4.72. The van der Waals surface area contributed by atoms with Gasteiger partial charge in [0.05, 0.1) is 6.54 Å². The molecule has 2 N–H and O–H groups in total. The summed E-state index contributed by atoms with van der Waals surface area (Å²) in [7, 11) is 1.63. The zero-order valence-corrected chi connectivity index (χ0v) is 12.8. The van der Waals surface area contributed by atoms with Gasteiger partial charge in [-0.3, -0.25) is 0 Å². The third kappa shape index (κ3) is 4.15. The molecule has 0 radical (unpaired) electrons. The second-order valence-electron chi connectivity index (χ2n) is 5.57. The molecule has 1 saturated heterocycles. The summed E-state index contributed by atoms with van der Waals surface area (Å²) in [5.41, 5.74) is 0. The monoisotopic (exact) mass is 337 g/mol. The molecule has 1 aliphatic heterocycles. The molecule has 2 rings (SSSR count). The van der Waals surface area contributed by atoms with Crippen molar-refractivity contribution >= 4 is 6.03 Å². The van der Waals surface area contributed by atoms with Crippen LogP contribution in [-0.4, -0.2) is 49.5 Å². The summed E-state index contributed by atoms with van der Waals surface area (Å²) in [6.45, 7) is 1.60. The zero-order chi connectivity index (χ0) is 17.2. The van der Waals surface area contributed by atoms with Crippen molar-refractivity contribution in [3.05, 3.63) is 23.7 Å². The van der Waals surface area contributed by atoms with Gasteiger partial charge < -0.3 is 20.0 Å². The van der Waals surface area contributed by atoms with E-state index in [4.69, 9.17) is 4.42 Å². The number of halogens is 4. The molecule has 23 heavy (non-hydrogen) atoms. The maximum absolute atomic E-state index is 13.5. The van der Waals surface area contributed by atoms with Crippen LogP contribution >= 0.6 is 0 Å².